The molecule has 0 saturated carbocycles. The topological polar surface area (TPSA) is 44.8 Å². The van der Waals surface area contributed by atoms with Gasteiger partial charge in [-0.05, 0) is 62.2 Å². The van der Waals surface area contributed by atoms with E-state index in [1.807, 2.05) is 38.1 Å². The number of hydrogen-bond donors (Lipinski definition) is 0. The number of carbonyl (C=O) groups excluding carboxylic acids is 1. The summed E-state index contributed by atoms with van der Waals surface area (Å²) in [6.45, 7) is 6.46. The summed E-state index contributed by atoms with van der Waals surface area (Å²) in [5.74, 6) is 0.809. The number of aryl methyl sites for hydroxylation is 1. The lowest BCUT2D eigenvalue weighted by Gasteiger charge is -2.14. The van der Waals surface area contributed by atoms with Gasteiger partial charge in [-0.25, -0.2) is 4.79 Å². The number of hydrogen-bond acceptors (Lipinski definition) is 4. The van der Waals surface area contributed by atoms with Crippen LogP contribution in [0, 0.1) is 0 Å². The van der Waals surface area contributed by atoms with Crippen LogP contribution in [-0.4, -0.2) is 18.9 Å². The number of ether oxygens (including phenoxy) is 3. The van der Waals surface area contributed by atoms with E-state index in [4.69, 9.17) is 14.2 Å². The van der Waals surface area contributed by atoms with Gasteiger partial charge >= 0.3 is 5.97 Å². The fourth-order valence-electron chi connectivity index (χ4n) is 2.31. The lowest BCUT2D eigenvalue weighted by molar-refractivity contribution is -0.0613. The molecule has 0 aliphatic carbocycles. The van der Waals surface area contributed by atoms with Gasteiger partial charge in [0.2, 0.25) is 0 Å². The smallest absolute Gasteiger partial charge is 0.343 e. The highest BCUT2D eigenvalue weighted by Gasteiger charge is 2.10. The minimum atomic E-state index is -0.386. The first-order valence-corrected chi connectivity index (χ1v) is 8.31. The Labute approximate surface area is 143 Å². The summed E-state index contributed by atoms with van der Waals surface area (Å²) >= 11 is 0. The highest BCUT2D eigenvalue weighted by Crippen LogP contribution is 2.18. The minimum Gasteiger partial charge on any atom is -0.465 e. The number of carbonyl (C=O) groups is 1. The second kappa shape index (κ2) is 9.08. The molecule has 0 N–H and O–H groups in total. The first kappa shape index (κ1) is 18.0. The van der Waals surface area contributed by atoms with Crippen LogP contribution >= 0.6 is 0 Å². The summed E-state index contributed by atoms with van der Waals surface area (Å²) in [4.78, 5) is 12.2. The predicted octanol–water partition coefficient (Wildman–Crippen LogP) is 4.62. The van der Waals surface area contributed by atoms with Crippen molar-refractivity contribution in [3.05, 3.63) is 59.7 Å². The van der Waals surface area contributed by atoms with Crippen LogP contribution in [-0.2, 0) is 11.2 Å². The average Bonchev–Trinajstić information content (AvgIpc) is 2.57. The molecule has 0 heterocycles. The summed E-state index contributed by atoms with van der Waals surface area (Å²) < 4.78 is 16.3. The van der Waals surface area contributed by atoms with Crippen molar-refractivity contribution in [1.82, 2.24) is 0 Å². The molecule has 4 heteroatoms. The zero-order valence-corrected chi connectivity index (χ0v) is 14.5. The fraction of sp³-hybridized carbons (Fsp3) is 0.350. The summed E-state index contributed by atoms with van der Waals surface area (Å²) in [6, 6.07) is 14.4. The van der Waals surface area contributed by atoms with Gasteiger partial charge in [0.1, 0.15) is 11.5 Å². The van der Waals surface area contributed by atoms with E-state index in [9.17, 15) is 4.79 Å². The molecule has 0 radical (unpaired) electrons. The second-order valence-electron chi connectivity index (χ2n) is 5.45. The van der Waals surface area contributed by atoms with Crippen molar-refractivity contribution < 1.29 is 19.0 Å². The Morgan fingerprint density at radius 3 is 2.17 bits per heavy atom. The predicted molar refractivity (Wildman–Crippen MR) is 93.6 cm³/mol. The van der Waals surface area contributed by atoms with Crippen LogP contribution in [0.15, 0.2) is 48.5 Å². The first-order valence-electron chi connectivity index (χ1n) is 8.31. The monoisotopic (exact) mass is 328 g/mol. The van der Waals surface area contributed by atoms with Crippen molar-refractivity contribution in [2.75, 3.05) is 6.61 Å². The van der Waals surface area contributed by atoms with Gasteiger partial charge in [-0.3, -0.25) is 0 Å². The Bertz CT molecular complexity index is 632. The Morgan fingerprint density at radius 1 is 0.958 bits per heavy atom. The van der Waals surface area contributed by atoms with E-state index in [1.165, 1.54) is 5.56 Å². The molecular formula is C20H24O4. The van der Waals surface area contributed by atoms with Gasteiger partial charge in [-0.2, -0.15) is 0 Å². The standard InChI is InChI=1S/C20H24O4/c1-4-6-16-7-11-19(12-8-16)24-20(21)17-9-13-18(14-10-17)23-15(3)22-5-2/h7-15H,4-6H2,1-3H3. The van der Waals surface area contributed by atoms with Crippen LogP contribution in [0.25, 0.3) is 0 Å². The van der Waals surface area contributed by atoms with Gasteiger partial charge in [-0.15, -0.1) is 0 Å². The van der Waals surface area contributed by atoms with E-state index in [2.05, 4.69) is 6.92 Å². The summed E-state index contributed by atoms with van der Waals surface area (Å²) in [6.07, 6.45) is 1.79. The van der Waals surface area contributed by atoms with E-state index in [0.717, 1.165) is 12.8 Å². The molecule has 1 atom stereocenters. The maximum absolute atomic E-state index is 12.2. The number of rotatable bonds is 8. The van der Waals surface area contributed by atoms with E-state index < -0.39 is 0 Å². The number of benzene rings is 2. The second-order valence-corrected chi connectivity index (χ2v) is 5.45. The average molecular weight is 328 g/mol. The van der Waals surface area contributed by atoms with Crippen LogP contribution in [0.4, 0.5) is 0 Å². The Morgan fingerprint density at radius 2 is 1.58 bits per heavy atom. The van der Waals surface area contributed by atoms with Gasteiger partial charge < -0.3 is 14.2 Å². The Kier molecular flexibility index (Phi) is 6.82. The molecule has 0 amide bonds. The van der Waals surface area contributed by atoms with Crippen molar-refractivity contribution in [3.8, 4) is 11.5 Å². The molecule has 0 aliphatic heterocycles. The SMILES string of the molecule is CCCc1ccc(OC(=O)c2ccc(OC(C)OCC)cc2)cc1. The quantitative estimate of drug-likeness (QED) is 0.403. The van der Waals surface area contributed by atoms with Crippen LogP contribution in [0.5, 0.6) is 11.5 Å². The van der Waals surface area contributed by atoms with Gasteiger partial charge in [0.05, 0.1) is 5.56 Å². The van der Waals surface area contributed by atoms with Crippen molar-refractivity contribution in [2.24, 2.45) is 0 Å². The molecule has 24 heavy (non-hydrogen) atoms. The summed E-state index contributed by atoms with van der Waals surface area (Å²) in [5.41, 5.74) is 1.71. The lowest BCUT2D eigenvalue weighted by atomic mass is 10.1. The Balaban J connectivity index is 1.94. The van der Waals surface area contributed by atoms with E-state index >= 15 is 0 Å². The molecule has 2 rings (SSSR count). The fourth-order valence-corrected chi connectivity index (χ4v) is 2.31. The largest absolute Gasteiger partial charge is 0.465 e. The maximum atomic E-state index is 12.2. The highest BCUT2D eigenvalue weighted by atomic mass is 16.7. The van der Waals surface area contributed by atoms with Gasteiger partial charge in [0.25, 0.3) is 0 Å². The molecule has 0 saturated heterocycles. The van der Waals surface area contributed by atoms with Crippen LogP contribution < -0.4 is 9.47 Å². The summed E-state index contributed by atoms with van der Waals surface area (Å²) in [5, 5.41) is 0. The molecule has 128 valence electrons. The first-order chi connectivity index (χ1) is 11.6. The molecule has 4 nitrogen and oxygen atoms in total. The van der Waals surface area contributed by atoms with Crippen LogP contribution in [0.2, 0.25) is 0 Å². The molecule has 0 bridgehead atoms. The van der Waals surface area contributed by atoms with Crippen molar-refractivity contribution >= 4 is 5.97 Å². The molecule has 2 aromatic carbocycles. The van der Waals surface area contributed by atoms with E-state index in [-0.39, 0.29) is 12.3 Å². The van der Waals surface area contributed by atoms with Crippen molar-refractivity contribution in [2.45, 2.75) is 39.9 Å². The molecule has 2 aromatic rings. The third kappa shape index (κ3) is 5.39. The van der Waals surface area contributed by atoms with Gasteiger partial charge in [0.15, 0.2) is 6.29 Å². The maximum Gasteiger partial charge on any atom is 0.343 e. The molecular weight excluding hydrogens is 304 g/mol. The third-order valence-electron chi connectivity index (χ3n) is 3.47. The Hall–Kier alpha value is -2.33. The van der Waals surface area contributed by atoms with E-state index in [0.29, 0.717) is 23.7 Å². The van der Waals surface area contributed by atoms with Crippen molar-refractivity contribution in [1.29, 1.82) is 0 Å². The lowest BCUT2D eigenvalue weighted by Crippen LogP contribution is -2.16. The zero-order valence-electron chi connectivity index (χ0n) is 14.5. The van der Waals surface area contributed by atoms with Gasteiger partial charge in [-0.1, -0.05) is 25.5 Å². The molecule has 0 spiro atoms. The van der Waals surface area contributed by atoms with Gasteiger partial charge in [0, 0.05) is 6.61 Å². The van der Waals surface area contributed by atoms with Crippen LogP contribution in [0.1, 0.15) is 43.1 Å². The minimum absolute atomic E-state index is 0.325. The molecule has 0 fully saturated rings. The molecule has 0 aromatic heterocycles. The van der Waals surface area contributed by atoms with E-state index in [1.54, 1.807) is 24.3 Å². The number of esters is 1. The molecule has 1 unspecified atom stereocenters. The summed E-state index contributed by atoms with van der Waals surface area (Å²) in [7, 11) is 0. The zero-order chi connectivity index (χ0) is 17.4. The molecule has 0 aliphatic rings. The highest BCUT2D eigenvalue weighted by molar-refractivity contribution is 5.91. The third-order valence-corrected chi connectivity index (χ3v) is 3.47. The van der Waals surface area contributed by atoms with Crippen LogP contribution in [0.3, 0.4) is 0 Å². The van der Waals surface area contributed by atoms with Crippen molar-refractivity contribution in [3.63, 3.8) is 0 Å². The normalized spacial score (nSPS) is 11.8.